The highest BCUT2D eigenvalue weighted by Crippen LogP contribution is 2.21. The van der Waals surface area contributed by atoms with Gasteiger partial charge in [-0.15, -0.1) is 0 Å². The Hall–Kier alpha value is -1.81. The number of hydrogen-bond donors (Lipinski definition) is 2. The fourth-order valence-electron chi connectivity index (χ4n) is 1.73. The molecule has 0 aliphatic carbocycles. The molecule has 0 radical (unpaired) electrons. The maximum absolute atomic E-state index is 5.96. The molecule has 2 rings (SSSR count). The Morgan fingerprint density at radius 2 is 1.95 bits per heavy atom. The maximum atomic E-state index is 5.96. The lowest BCUT2D eigenvalue weighted by molar-refractivity contribution is 0.547. The SMILES string of the molecule is CC(C)(C)c1nc(N)cc(NCc2cccc(Cl)c2)n1. The summed E-state index contributed by atoms with van der Waals surface area (Å²) in [6, 6.07) is 9.44. The van der Waals surface area contributed by atoms with Gasteiger partial charge in [-0.3, -0.25) is 0 Å². The van der Waals surface area contributed by atoms with Crippen molar-refractivity contribution >= 4 is 23.2 Å². The average molecular weight is 291 g/mol. The number of anilines is 2. The number of nitrogens with two attached hydrogens (primary N) is 1. The summed E-state index contributed by atoms with van der Waals surface area (Å²) >= 11 is 5.96. The van der Waals surface area contributed by atoms with Gasteiger partial charge in [0.05, 0.1) is 0 Å². The molecular formula is C15H19ClN4. The molecule has 0 fully saturated rings. The molecule has 3 N–H and O–H groups in total. The summed E-state index contributed by atoms with van der Waals surface area (Å²) in [5.74, 6) is 1.92. The van der Waals surface area contributed by atoms with E-state index in [1.807, 2.05) is 24.3 Å². The van der Waals surface area contributed by atoms with Gasteiger partial charge in [0, 0.05) is 23.0 Å². The van der Waals surface area contributed by atoms with Gasteiger partial charge in [-0.25, -0.2) is 9.97 Å². The molecule has 4 nitrogen and oxygen atoms in total. The third kappa shape index (κ3) is 3.84. The van der Waals surface area contributed by atoms with Crippen LogP contribution in [0.15, 0.2) is 30.3 Å². The van der Waals surface area contributed by atoms with Crippen molar-refractivity contribution in [3.8, 4) is 0 Å². The largest absolute Gasteiger partial charge is 0.384 e. The Morgan fingerprint density at radius 3 is 2.60 bits per heavy atom. The molecule has 0 spiro atoms. The highest BCUT2D eigenvalue weighted by atomic mass is 35.5. The lowest BCUT2D eigenvalue weighted by Gasteiger charge is -2.18. The van der Waals surface area contributed by atoms with Crippen molar-refractivity contribution < 1.29 is 0 Å². The Bertz CT molecular complexity index is 605. The van der Waals surface area contributed by atoms with Crippen molar-refractivity contribution in [3.63, 3.8) is 0 Å². The molecule has 0 aliphatic heterocycles. The van der Waals surface area contributed by atoms with Crippen LogP contribution in [0.1, 0.15) is 32.2 Å². The Morgan fingerprint density at radius 1 is 1.20 bits per heavy atom. The van der Waals surface area contributed by atoms with E-state index >= 15 is 0 Å². The molecule has 1 aromatic heterocycles. The van der Waals surface area contributed by atoms with Crippen LogP contribution in [0.3, 0.4) is 0 Å². The second-order valence-corrected chi connectivity index (χ2v) is 6.17. The normalized spacial score (nSPS) is 11.4. The lowest BCUT2D eigenvalue weighted by atomic mass is 9.96. The van der Waals surface area contributed by atoms with Gasteiger partial charge in [-0.2, -0.15) is 0 Å². The van der Waals surface area contributed by atoms with Crippen molar-refractivity contribution in [1.82, 2.24) is 9.97 Å². The van der Waals surface area contributed by atoms with E-state index in [1.165, 1.54) is 0 Å². The Labute approximate surface area is 124 Å². The first kappa shape index (κ1) is 14.6. The smallest absolute Gasteiger partial charge is 0.138 e. The standard InChI is InChI=1S/C15H19ClN4/c1-15(2,3)14-19-12(17)8-13(20-14)18-9-10-5-4-6-11(16)7-10/h4-8H,9H2,1-3H3,(H3,17,18,19,20). The van der Waals surface area contributed by atoms with Crippen molar-refractivity contribution in [3.05, 3.63) is 46.7 Å². The number of aromatic nitrogens is 2. The van der Waals surface area contributed by atoms with Gasteiger partial charge in [-0.05, 0) is 17.7 Å². The van der Waals surface area contributed by atoms with Crippen LogP contribution in [0, 0.1) is 0 Å². The van der Waals surface area contributed by atoms with Crippen LogP contribution in [0.4, 0.5) is 11.6 Å². The van der Waals surface area contributed by atoms with E-state index < -0.39 is 0 Å². The fraction of sp³-hybridized carbons (Fsp3) is 0.333. The highest BCUT2D eigenvalue weighted by molar-refractivity contribution is 6.30. The molecule has 5 heteroatoms. The lowest BCUT2D eigenvalue weighted by Crippen LogP contribution is -2.18. The third-order valence-corrected chi connectivity index (χ3v) is 3.01. The molecule has 106 valence electrons. The van der Waals surface area contributed by atoms with Gasteiger partial charge in [0.15, 0.2) is 0 Å². The minimum absolute atomic E-state index is 0.137. The van der Waals surface area contributed by atoms with Crippen LogP contribution < -0.4 is 11.1 Å². The number of nitrogens with zero attached hydrogens (tertiary/aromatic N) is 2. The van der Waals surface area contributed by atoms with Crippen LogP contribution in [-0.2, 0) is 12.0 Å². The van der Waals surface area contributed by atoms with Gasteiger partial charge in [-0.1, -0.05) is 44.5 Å². The zero-order valence-electron chi connectivity index (χ0n) is 11.9. The number of benzene rings is 1. The van der Waals surface area contributed by atoms with Crippen LogP contribution in [0.5, 0.6) is 0 Å². The van der Waals surface area contributed by atoms with Gasteiger partial charge in [0.2, 0.25) is 0 Å². The minimum Gasteiger partial charge on any atom is -0.384 e. The molecule has 0 saturated heterocycles. The van der Waals surface area contributed by atoms with Crippen LogP contribution in [0.25, 0.3) is 0 Å². The fourth-order valence-corrected chi connectivity index (χ4v) is 1.94. The summed E-state index contributed by atoms with van der Waals surface area (Å²) in [7, 11) is 0. The van der Waals surface area contributed by atoms with E-state index in [0.717, 1.165) is 22.2 Å². The molecule has 20 heavy (non-hydrogen) atoms. The van der Waals surface area contributed by atoms with Gasteiger partial charge in [0.25, 0.3) is 0 Å². The highest BCUT2D eigenvalue weighted by Gasteiger charge is 2.18. The zero-order valence-corrected chi connectivity index (χ0v) is 12.7. The quantitative estimate of drug-likeness (QED) is 0.906. The summed E-state index contributed by atoms with van der Waals surface area (Å²) < 4.78 is 0. The van der Waals surface area contributed by atoms with Crippen molar-refractivity contribution in [1.29, 1.82) is 0 Å². The van der Waals surface area contributed by atoms with Gasteiger partial charge < -0.3 is 11.1 Å². The first-order valence-electron chi connectivity index (χ1n) is 6.48. The number of nitrogens with one attached hydrogen (secondary N) is 1. The second kappa shape index (κ2) is 5.67. The monoisotopic (exact) mass is 290 g/mol. The number of nitrogen functional groups attached to an aromatic ring is 1. The predicted molar refractivity (Wildman–Crippen MR) is 83.9 cm³/mol. The number of rotatable bonds is 3. The van der Waals surface area contributed by atoms with E-state index in [-0.39, 0.29) is 5.41 Å². The molecule has 1 aromatic carbocycles. The predicted octanol–water partition coefficient (Wildman–Crippen LogP) is 3.62. The summed E-state index contributed by atoms with van der Waals surface area (Å²) in [6.07, 6.45) is 0. The summed E-state index contributed by atoms with van der Waals surface area (Å²) in [5.41, 5.74) is 6.79. The number of halogens is 1. The average Bonchev–Trinajstić information content (AvgIpc) is 2.35. The summed E-state index contributed by atoms with van der Waals surface area (Å²) in [4.78, 5) is 8.79. The van der Waals surface area contributed by atoms with Gasteiger partial charge >= 0.3 is 0 Å². The third-order valence-electron chi connectivity index (χ3n) is 2.78. The topological polar surface area (TPSA) is 63.8 Å². The Kier molecular flexibility index (Phi) is 4.14. The first-order valence-corrected chi connectivity index (χ1v) is 6.86. The summed E-state index contributed by atoms with van der Waals surface area (Å²) in [5, 5.41) is 3.98. The molecule has 1 heterocycles. The van der Waals surface area contributed by atoms with Gasteiger partial charge in [0.1, 0.15) is 17.5 Å². The molecule has 2 aromatic rings. The zero-order chi connectivity index (χ0) is 14.8. The van der Waals surface area contributed by atoms with E-state index in [0.29, 0.717) is 12.4 Å². The molecule has 0 saturated carbocycles. The van der Waals surface area contributed by atoms with E-state index in [1.54, 1.807) is 6.07 Å². The van der Waals surface area contributed by atoms with E-state index in [9.17, 15) is 0 Å². The molecule has 0 atom stereocenters. The van der Waals surface area contributed by atoms with E-state index in [2.05, 4.69) is 36.1 Å². The molecular weight excluding hydrogens is 272 g/mol. The van der Waals surface area contributed by atoms with Crippen molar-refractivity contribution in [2.24, 2.45) is 0 Å². The van der Waals surface area contributed by atoms with Crippen molar-refractivity contribution in [2.75, 3.05) is 11.1 Å². The summed E-state index contributed by atoms with van der Waals surface area (Å²) in [6.45, 7) is 6.81. The first-order chi connectivity index (χ1) is 9.34. The van der Waals surface area contributed by atoms with Crippen molar-refractivity contribution in [2.45, 2.75) is 32.7 Å². The minimum atomic E-state index is -0.137. The molecule has 0 amide bonds. The van der Waals surface area contributed by atoms with Crippen LogP contribution >= 0.6 is 11.6 Å². The van der Waals surface area contributed by atoms with Crippen LogP contribution in [-0.4, -0.2) is 9.97 Å². The second-order valence-electron chi connectivity index (χ2n) is 5.74. The van der Waals surface area contributed by atoms with E-state index in [4.69, 9.17) is 17.3 Å². The number of hydrogen-bond acceptors (Lipinski definition) is 4. The molecule has 0 aliphatic rings. The van der Waals surface area contributed by atoms with Crippen LogP contribution in [0.2, 0.25) is 5.02 Å². The maximum Gasteiger partial charge on any atom is 0.138 e. The Balaban J connectivity index is 2.16. The molecule has 0 bridgehead atoms. The molecule has 0 unspecified atom stereocenters.